The van der Waals surface area contributed by atoms with Crippen LogP contribution in [0.2, 0.25) is 0 Å². The smallest absolute Gasteiger partial charge is 0.306 e. The molecular weight excluding hydrogens is 302 g/mol. The molecule has 1 aliphatic rings. The van der Waals surface area contributed by atoms with E-state index in [1.54, 1.807) is 0 Å². The zero-order valence-corrected chi connectivity index (χ0v) is 15.5. The Morgan fingerprint density at radius 3 is 2.54 bits per heavy atom. The van der Waals surface area contributed by atoms with Gasteiger partial charge >= 0.3 is 5.97 Å². The topological polar surface area (TPSA) is 38.8 Å². The zero-order valence-electron chi connectivity index (χ0n) is 15.5. The molecule has 1 fully saturated rings. The molecule has 1 atom stereocenters. The number of rotatable bonds is 7. The summed E-state index contributed by atoms with van der Waals surface area (Å²) in [6.07, 6.45) is 2.95. The summed E-state index contributed by atoms with van der Waals surface area (Å²) in [6, 6.07) is 8.81. The van der Waals surface area contributed by atoms with E-state index >= 15 is 0 Å². The first-order valence-corrected chi connectivity index (χ1v) is 8.88. The van der Waals surface area contributed by atoms with Gasteiger partial charge in [-0.05, 0) is 29.4 Å². The first-order chi connectivity index (χ1) is 11.4. The molecule has 0 radical (unpaired) electrons. The van der Waals surface area contributed by atoms with E-state index < -0.39 is 0 Å². The second-order valence-corrected chi connectivity index (χ2v) is 7.64. The highest BCUT2D eigenvalue weighted by molar-refractivity contribution is 5.69. The van der Waals surface area contributed by atoms with Crippen LogP contribution in [-0.4, -0.2) is 43.8 Å². The summed E-state index contributed by atoms with van der Waals surface area (Å²) in [5.74, 6) is -0.157. The molecule has 0 aromatic heterocycles. The molecular formula is C20H31NO3. The molecule has 0 saturated carbocycles. The molecule has 134 valence electrons. The maximum absolute atomic E-state index is 11.5. The Bertz CT molecular complexity index is 513. The van der Waals surface area contributed by atoms with Crippen LogP contribution in [0.25, 0.3) is 0 Å². The average molecular weight is 333 g/mol. The summed E-state index contributed by atoms with van der Waals surface area (Å²) in [6.45, 7) is 9.94. The lowest BCUT2D eigenvalue weighted by Gasteiger charge is -2.25. The van der Waals surface area contributed by atoms with Gasteiger partial charge in [0.15, 0.2) is 0 Å². The van der Waals surface area contributed by atoms with Crippen LogP contribution in [0.4, 0.5) is 0 Å². The molecule has 0 spiro atoms. The summed E-state index contributed by atoms with van der Waals surface area (Å²) >= 11 is 0. The molecule has 4 heteroatoms. The highest BCUT2D eigenvalue weighted by atomic mass is 16.5. The van der Waals surface area contributed by atoms with Crippen LogP contribution in [0, 0.1) is 0 Å². The van der Waals surface area contributed by atoms with Crippen LogP contribution in [-0.2, 0) is 26.2 Å². The molecule has 4 nitrogen and oxygen atoms in total. The Morgan fingerprint density at radius 2 is 2.00 bits per heavy atom. The van der Waals surface area contributed by atoms with Gasteiger partial charge in [-0.1, -0.05) is 45.0 Å². The predicted molar refractivity (Wildman–Crippen MR) is 96.0 cm³/mol. The van der Waals surface area contributed by atoms with Crippen LogP contribution in [0.1, 0.15) is 51.2 Å². The molecule has 1 aromatic rings. The van der Waals surface area contributed by atoms with Crippen molar-refractivity contribution in [1.29, 1.82) is 0 Å². The molecule has 1 aliphatic heterocycles. The van der Waals surface area contributed by atoms with E-state index in [1.807, 2.05) is 0 Å². The molecule has 0 aliphatic carbocycles. The van der Waals surface area contributed by atoms with Gasteiger partial charge in [0.05, 0.1) is 19.6 Å². The number of carbonyl (C=O) groups excluding carboxylic acids is 1. The van der Waals surface area contributed by atoms with Crippen molar-refractivity contribution in [3.8, 4) is 0 Å². The maximum atomic E-state index is 11.5. The quantitative estimate of drug-likeness (QED) is 0.716. The summed E-state index contributed by atoms with van der Waals surface area (Å²) in [5.41, 5.74) is 2.78. The fourth-order valence-corrected chi connectivity index (χ4v) is 3.03. The van der Waals surface area contributed by atoms with Crippen molar-refractivity contribution in [2.24, 2.45) is 0 Å². The van der Waals surface area contributed by atoms with Crippen molar-refractivity contribution < 1.29 is 14.3 Å². The number of nitrogens with zero attached hydrogens (tertiary/aromatic N) is 1. The van der Waals surface area contributed by atoms with Gasteiger partial charge in [-0.25, -0.2) is 0 Å². The Kier molecular flexibility index (Phi) is 6.81. The molecule has 1 aromatic carbocycles. The minimum Gasteiger partial charge on any atom is -0.469 e. The lowest BCUT2D eigenvalue weighted by molar-refractivity contribution is -0.141. The van der Waals surface area contributed by atoms with Gasteiger partial charge in [-0.2, -0.15) is 0 Å². The van der Waals surface area contributed by atoms with E-state index in [0.29, 0.717) is 13.0 Å². The minimum absolute atomic E-state index is 0.157. The van der Waals surface area contributed by atoms with Gasteiger partial charge in [-0.15, -0.1) is 0 Å². The highest BCUT2D eigenvalue weighted by Crippen LogP contribution is 2.23. The second kappa shape index (κ2) is 8.63. The third-order valence-corrected chi connectivity index (χ3v) is 4.57. The fraction of sp³-hybridized carbons (Fsp3) is 0.650. The number of hydrogen-bond acceptors (Lipinski definition) is 4. The van der Waals surface area contributed by atoms with Crippen LogP contribution in [0.15, 0.2) is 24.3 Å². The third kappa shape index (κ3) is 5.91. The van der Waals surface area contributed by atoms with Crippen molar-refractivity contribution in [1.82, 2.24) is 4.90 Å². The van der Waals surface area contributed by atoms with Crippen LogP contribution in [0.5, 0.6) is 0 Å². The normalized spacial score (nSPS) is 18.1. The Balaban J connectivity index is 1.98. The number of esters is 1. The molecule has 0 N–H and O–H groups in total. The maximum Gasteiger partial charge on any atom is 0.306 e. The Hall–Kier alpha value is -1.39. The van der Waals surface area contributed by atoms with E-state index in [-0.39, 0.29) is 17.5 Å². The Labute approximate surface area is 146 Å². The van der Waals surface area contributed by atoms with Crippen LogP contribution >= 0.6 is 0 Å². The molecule has 0 bridgehead atoms. The largest absolute Gasteiger partial charge is 0.469 e. The van der Waals surface area contributed by atoms with Crippen molar-refractivity contribution in [2.75, 3.05) is 26.8 Å². The molecule has 1 unspecified atom stereocenters. The SMILES string of the molecule is COC(=O)CCN(Cc1ccc(C(C)(C)C)cc1)CC1CCCO1. The average Bonchev–Trinajstić information content (AvgIpc) is 3.05. The molecule has 0 amide bonds. The molecule has 2 rings (SSSR count). The zero-order chi connectivity index (χ0) is 17.6. The molecule has 1 saturated heterocycles. The monoisotopic (exact) mass is 333 g/mol. The summed E-state index contributed by atoms with van der Waals surface area (Å²) in [7, 11) is 1.44. The summed E-state index contributed by atoms with van der Waals surface area (Å²) in [5, 5.41) is 0. The van der Waals surface area contributed by atoms with Gasteiger partial charge < -0.3 is 9.47 Å². The Morgan fingerprint density at radius 1 is 1.29 bits per heavy atom. The van der Waals surface area contributed by atoms with Crippen molar-refractivity contribution in [3.05, 3.63) is 35.4 Å². The van der Waals surface area contributed by atoms with E-state index in [1.165, 1.54) is 18.2 Å². The van der Waals surface area contributed by atoms with Gasteiger partial charge in [-0.3, -0.25) is 9.69 Å². The third-order valence-electron chi connectivity index (χ3n) is 4.57. The number of ether oxygens (including phenoxy) is 2. The highest BCUT2D eigenvalue weighted by Gasteiger charge is 2.20. The summed E-state index contributed by atoms with van der Waals surface area (Å²) in [4.78, 5) is 13.8. The number of hydrogen-bond donors (Lipinski definition) is 0. The number of methoxy groups -OCH3 is 1. The molecule has 24 heavy (non-hydrogen) atoms. The minimum atomic E-state index is -0.157. The van der Waals surface area contributed by atoms with Crippen molar-refractivity contribution in [2.45, 2.75) is 58.1 Å². The van der Waals surface area contributed by atoms with Gasteiger partial charge in [0.1, 0.15) is 0 Å². The van der Waals surface area contributed by atoms with Gasteiger partial charge in [0.25, 0.3) is 0 Å². The fourth-order valence-electron chi connectivity index (χ4n) is 3.03. The lowest BCUT2D eigenvalue weighted by atomic mass is 9.87. The van der Waals surface area contributed by atoms with E-state index in [0.717, 1.165) is 32.5 Å². The predicted octanol–water partition coefficient (Wildman–Crippen LogP) is 3.53. The first-order valence-electron chi connectivity index (χ1n) is 8.88. The van der Waals surface area contributed by atoms with E-state index in [9.17, 15) is 4.79 Å². The van der Waals surface area contributed by atoms with E-state index in [2.05, 4.69) is 49.9 Å². The standard InChI is InChI=1S/C20H31NO3/c1-20(2,3)17-9-7-16(8-10-17)14-21(12-11-19(22)23-4)15-18-6-5-13-24-18/h7-10,18H,5-6,11-15H2,1-4H3. The van der Waals surface area contributed by atoms with E-state index in [4.69, 9.17) is 9.47 Å². The van der Waals surface area contributed by atoms with Crippen molar-refractivity contribution >= 4 is 5.97 Å². The second-order valence-electron chi connectivity index (χ2n) is 7.64. The van der Waals surface area contributed by atoms with Crippen molar-refractivity contribution in [3.63, 3.8) is 0 Å². The van der Waals surface area contributed by atoms with Gasteiger partial charge in [0.2, 0.25) is 0 Å². The number of benzene rings is 1. The lowest BCUT2D eigenvalue weighted by Crippen LogP contribution is -2.33. The van der Waals surface area contributed by atoms with Gasteiger partial charge in [0, 0.05) is 26.2 Å². The number of carbonyl (C=O) groups is 1. The molecule has 1 heterocycles. The first kappa shape index (κ1) is 18.9. The van der Waals surface area contributed by atoms with Crippen LogP contribution < -0.4 is 0 Å². The summed E-state index contributed by atoms with van der Waals surface area (Å²) < 4.78 is 10.5. The van der Waals surface area contributed by atoms with Crippen LogP contribution in [0.3, 0.4) is 0 Å².